The zero-order chi connectivity index (χ0) is 28.8. The van der Waals surface area contributed by atoms with E-state index in [1.807, 2.05) is 39.8 Å². The summed E-state index contributed by atoms with van der Waals surface area (Å²) in [5.41, 5.74) is 1.00. The lowest BCUT2D eigenvalue weighted by molar-refractivity contribution is 0.0567. The van der Waals surface area contributed by atoms with Crippen molar-refractivity contribution in [3.05, 3.63) is 29.5 Å². The van der Waals surface area contributed by atoms with Gasteiger partial charge in [-0.3, -0.25) is 9.80 Å². The molecular weight excluding hydrogens is 540 g/mol. The van der Waals surface area contributed by atoms with Gasteiger partial charge in [0.25, 0.3) is 0 Å². The third-order valence-electron chi connectivity index (χ3n) is 6.51. The fourth-order valence-corrected chi connectivity index (χ4v) is 4.82. The van der Waals surface area contributed by atoms with Gasteiger partial charge in [0, 0.05) is 30.9 Å². The molecule has 214 valence electrons. The molecule has 0 bridgehead atoms. The average Bonchev–Trinajstić information content (AvgIpc) is 3.44. The minimum atomic E-state index is -0.653. The first-order chi connectivity index (χ1) is 18.9. The molecule has 5 rings (SSSR count). The Morgan fingerprint density at radius 2 is 2.00 bits per heavy atom. The van der Waals surface area contributed by atoms with Crippen molar-refractivity contribution in [3.8, 4) is 17.2 Å². The average molecular weight is 573 g/mol. The van der Waals surface area contributed by atoms with E-state index in [4.69, 9.17) is 35.6 Å². The summed E-state index contributed by atoms with van der Waals surface area (Å²) in [5.74, 6) is 1.28. The Morgan fingerprint density at radius 1 is 1.23 bits per heavy atom. The van der Waals surface area contributed by atoms with Crippen LogP contribution in [0.1, 0.15) is 27.2 Å². The molecule has 1 aromatic carbocycles. The van der Waals surface area contributed by atoms with Crippen LogP contribution in [0.4, 0.5) is 21.1 Å². The Hall–Kier alpha value is -3.77. The van der Waals surface area contributed by atoms with E-state index in [9.17, 15) is 9.59 Å². The number of nitrogens with zero attached hydrogens (tertiary/aromatic N) is 6. The van der Waals surface area contributed by atoms with Crippen LogP contribution in [0.25, 0.3) is 16.6 Å². The first-order valence-electron chi connectivity index (χ1n) is 13.0. The molecule has 0 saturated carbocycles. The number of rotatable bonds is 6. The van der Waals surface area contributed by atoms with Crippen LogP contribution in [0.5, 0.6) is 11.5 Å². The van der Waals surface area contributed by atoms with Crippen LogP contribution in [0.3, 0.4) is 0 Å². The van der Waals surface area contributed by atoms with Crippen molar-refractivity contribution >= 4 is 46.2 Å². The first-order valence-corrected chi connectivity index (χ1v) is 13.4. The smallest absolute Gasteiger partial charge is 0.416 e. The van der Waals surface area contributed by atoms with Crippen molar-refractivity contribution in [1.29, 1.82) is 0 Å². The van der Waals surface area contributed by atoms with Crippen molar-refractivity contribution in [2.24, 2.45) is 0 Å². The van der Waals surface area contributed by atoms with Crippen LogP contribution < -0.4 is 19.3 Å². The number of halogens is 1. The Morgan fingerprint density at radius 3 is 2.70 bits per heavy atom. The van der Waals surface area contributed by atoms with Gasteiger partial charge >= 0.3 is 12.2 Å². The van der Waals surface area contributed by atoms with Crippen molar-refractivity contribution in [2.45, 2.75) is 38.9 Å². The van der Waals surface area contributed by atoms with Crippen molar-refractivity contribution in [1.82, 2.24) is 19.7 Å². The summed E-state index contributed by atoms with van der Waals surface area (Å²) >= 11 is 6.29. The zero-order valence-corrected chi connectivity index (χ0v) is 24.2. The molecule has 3 aromatic rings. The largest absolute Gasteiger partial charge is 0.494 e. The first kappa shape index (κ1) is 27.8. The van der Waals surface area contributed by atoms with Crippen LogP contribution in [-0.4, -0.2) is 91.0 Å². The highest BCUT2D eigenvalue weighted by molar-refractivity contribution is 6.30. The molecule has 1 unspecified atom stereocenters. The molecule has 0 N–H and O–H groups in total. The molecule has 1 atom stereocenters. The standard InChI is InChI=1S/C27H33ClN6O6/c1-27(2,3)40-26(36)32-9-10-38-22-12-20(21(37-6)11-19(22)32)34-18-13-23(28)29-14-17(18)24(30-34)33-15-16(39-25(33)35)7-8-31(4)5/h11-14,16H,7-10,15H2,1-6H3. The van der Waals surface area contributed by atoms with Gasteiger partial charge in [-0.05, 0) is 41.3 Å². The van der Waals surface area contributed by atoms with Crippen LogP contribution in [0.15, 0.2) is 24.4 Å². The van der Waals surface area contributed by atoms with Crippen molar-refractivity contribution < 1.29 is 28.5 Å². The highest BCUT2D eigenvalue weighted by Gasteiger charge is 2.36. The third-order valence-corrected chi connectivity index (χ3v) is 6.71. The zero-order valence-electron chi connectivity index (χ0n) is 23.4. The van der Waals surface area contributed by atoms with Gasteiger partial charge in [0.15, 0.2) is 5.82 Å². The second kappa shape index (κ2) is 10.7. The van der Waals surface area contributed by atoms with Gasteiger partial charge in [-0.25, -0.2) is 19.3 Å². The molecule has 2 aromatic heterocycles. The van der Waals surface area contributed by atoms with E-state index in [1.165, 1.54) is 16.9 Å². The SMILES string of the molecule is COc1cc2c(cc1-n1nc(N3CC(CCN(C)C)OC3=O)c3cnc(Cl)cc31)OCCN2C(=O)OC(C)(C)C. The quantitative estimate of drug-likeness (QED) is 0.394. The number of aromatic nitrogens is 3. The summed E-state index contributed by atoms with van der Waals surface area (Å²) in [5, 5.41) is 5.69. The number of fused-ring (bicyclic) bond motifs is 2. The number of carbonyl (C=O) groups is 2. The Labute approximate surface area is 237 Å². The molecule has 40 heavy (non-hydrogen) atoms. The normalized spacial score (nSPS) is 17.2. The number of pyridine rings is 1. The van der Waals surface area contributed by atoms with Gasteiger partial charge in [-0.2, -0.15) is 0 Å². The van der Waals surface area contributed by atoms with Gasteiger partial charge in [0.2, 0.25) is 0 Å². The second-order valence-corrected chi connectivity index (χ2v) is 11.3. The predicted molar refractivity (Wildman–Crippen MR) is 150 cm³/mol. The fraction of sp³-hybridized carbons (Fsp3) is 0.481. The fourth-order valence-electron chi connectivity index (χ4n) is 4.67. The topological polar surface area (TPSA) is 111 Å². The maximum atomic E-state index is 13.0. The number of anilines is 2. The summed E-state index contributed by atoms with van der Waals surface area (Å²) < 4.78 is 24.5. The number of methoxy groups -OCH3 is 1. The monoisotopic (exact) mass is 572 g/mol. The summed E-state index contributed by atoms with van der Waals surface area (Å²) in [6.45, 7) is 7.20. The molecule has 0 aliphatic carbocycles. The molecule has 2 aliphatic rings. The molecule has 0 radical (unpaired) electrons. The maximum absolute atomic E-state index is 13.0. The molecule has 4 heterocycles. The molecule has 12 nitrogen and oxygen atoms in total. The molecule has 13 heteroatoms. The highest BCUT2D eigenvalue weighted by atomic mass is 35.5. The second-order valence-electron chi connectivity index (χ2n) is 10.9. The highest BCUT2D eigenvalue weighted by Crippen LogP contribution is 2.42. The lowest BCUT2D eigenvalue weighted by atomic mass is 10.2. The van der Waals surface area contributed by atoms with Crippen LogP contribution in [-0.2, 0) is 9.47 Å². The molecule has 1 saturated heterocycles. The lowest BCUT2D eigenvalue weighted by Crippen LogP contribution is -2.41. The summed E-state index contributed by atoms with van der Waals surface area (Å²) in [6.07, 6.45) is 1.07. The van der Waals surface area contributed by atoms with E-state index < -0.39 is 17.8 Å². The number of hydrogen-bond acceptors (Lipinski definition) is 9. The van der Waals surface area contributed by atoms with Crippen molar-refractivity contribution in [3.63, 3.8) is 0 Å². The number of ether oxygens (including phenoxy) is 4. The summed E-state index contributed by atoms with van der Waals surface area (Å²) in [4.78, 5) is 35.2. The maximum Gasteiger partial charge on any atom is 0.416 e. The van der Waals surface area contributed by atoms with E-state index in [0.29, 0.717) is 59.1 Å². The number of carbonyl (C=O) groups excluding carboxylic acids is 2. The van der Waals surface area contributed by atoms with Gasteiger partial charge in [0.05, 0.1) is 36.8 Å². The van der Waals surface area contributed by atoms with E-state index in [0.717, 1.165) is 6.54 Å². The summed E-state index contributed by atoms with van der Waals surface area (Å²) in [7, 11) is 5.48. The van der Waals surface area contributed by atoms with Crippen molar-refractivity contribution in [2.75, 3.05) is 57.2 Å². The molecule has 0 spiro atoms. The minimum Gasteiger partial charge on any atom is -0.494 e. The number of benzene rings is 1. The number of cyclic esters (lactones) is 1. The molecule has 2 amide bonds. The van der Waals surface area contributed by atoms with Gasteiger partial charge < -0.3 is 23.8 Å². The minimum absolute atomic E-state index is 0.261. The third kappa shape index (κ3) is 5.46. The van der Waals surface area contributed by atoms with Crippen LogP contribution in [0, 0.1) is 0 Å². The van der Waals surface area contributed by atoms with Crippen LogP contribution in [0.2, 0.25) is 5.15 Å². The molecule has 1 fully saturated rings. The molecule has 2 aliphatic heterocycles. The Kier molecular flexibility index (Phi) is 7.40. The number of hydrogen-bond donors (Lipinski definition) is 0. The summed E-state index contributed by atoms with van der Waals surface area (Å²) in [6, 6.07) is 5.13. The molecular formula is C27H33ClN6O6. The van der Waals surface area contributed by atoms with E-state index in [1.54, 1.807) is 29.1 Å². The number of amides is 2. The van der Waals surface area contributed by atoms with E-state index in [-0.39, 0.29) is 17.9 Å². The van der Waals surface area contributed by atoms with Crippen LogP contribution >= 0.6 is 11.6 Å². The van der Waals surface area contributed by atoms with Gasteiger partial charge in [-0.1, -0.05) is 11.6 Å². The lowest BCUT2D eigenvalue weighted by Gasteiger charge is -2.32. The van der Waals surface area contributed by atoms with Gasteiger partial charge in [-0.15, -0.1) is 5.10 Å². The predicted octanol–water partition coefficient (Wildman–Crippen LogP) is 4.49. The van der Waals surface area contributed by atoms with E-state index in [2.05, 4.69) is 4.98 Å². The Balaban J connectivity index is 1.57. The Bertz CT molecular complexity index is 1450. The van der Waals surface area contributed by atoms with Gasteiger partial charge in [0.1, 0.15) is 40.7 Å². The van der Waals surface area contributed by atoms with E-state index >= 15 is 0 Å².